The minimum absolute atomic E-state index is 0.0443. The average Bonchev–Trinajstić information content (AvgIpc) is 2.94. The normalized spacial score (nSPS) is 11.5. The number of amides is 1. The van der Waals surface area contributed by atoms with Crippen LogP contribution in [0.4, 0.5) is 0 Å². The van der Waals surface area contributed by atoms with E-state index in [4.69, 9.17) is 42.1 Å². The molecule has 3 aromatic rings. The summed E-state index contributed by atoms with van der Waals surface area (Å²) in [5, 5.41) is 2.94. The number of benzene rings is 3. The molecule has 0 saturated carbocycles. The maximum absolute atomic E-state index is 13.0. The van der Waals surface area contributed by atoms with Crippen LogP contribution in [0.15, 0.2) is 48.5 Å². The van der Waals surface area contributed by atoms with Crippen molar-refractivity contribution < 1.29 is 33.3 Å². The van der Waals surface area contributed by atoms with E-state index in [1.807, 2.05) is 19.1 Å². The molecule has 3 rings (SSSR count). The Bertz CT molecular complexity index is 1360. The number of carbonyl (C=O) groups is 3. The van der Waals surface area contributed by atoms with Gasteiger partial charge in [-0.1, -0.05) is 41.4 Å². The van der Waals surface area contributed by atoms with Crippen molar-refractivity contribution in [3.05, 3.63) is 80.8 Å². The van der Waals surface area contributed by atoms with Crippen LogP contribution in [0, 0.1) is 0 Å². The zero-order valence-corrected chi connectivity index (χ0v) is 24.4. The number of carbonyl (C=O) groups excluding carboxylic acids is 3. The van der Waals surface area contributed by atoms with Crippen LogP contribution in [0.25, 0.3) is 11.1 Å². The van der Waals surface area contributed by atoms with Gasteiger partial charge >= 0.3 is 5.97 Å². The van der Waals surface area contributed by atoms with Crippen LogP contribution >= 0.6 is 23.2 Å². The van der Waals surface area contributed by atoms with Gasteiger partial charge in [-0.15, -0.1) is 0 Å². The van der Waals surface area contributed by atoms with Crippen LogP contribution in [-0.4, -0.2) is 51.6 Å². The summed E-state index contributed by atoms with van der Waals surface area (Å²) in [7, 11) is 4.31. The molecule has 10 heteroatoms. The molecule has 0 fully saturated rings. The number of esters is 1. The predicted molar refractivity (Wildman–Crippen MR) is 154 cm³/mol. The number of ketones is 1. The molecule has 0 aliphatic rings. The molecular weight excluding hydrogens is 557 g/mol. The summed E-state index contributed by atoms with van der Waals surface area (Å²) in [4.78, 5) is 38.4. The molecule has 0 aliphatic heterocycles. The van der Waals surface area contributed by atoms with Gasteiger partial charge in [-0.25, -0.2) is 4.79 Å². The summed E-state index contributed by atoms with van der Waals surface area (Å²) in [6, 6.07) is 12.5. The van der Waals surface area contributed by atoms with E-state index in [1.165, 1.54) is 26.2 Å². The van der Waals surface area contributed by atoms with E-state index in [2.05, 4.69) is 5.32 Å². The molecular formula is C30H31Cl2NO7. The first-order chi connectivity index (χ1) is 19.1. The van der Waals surface area contributed by atoms with Gasteiger partial charge in [0.05, 0.1) is 49.1 Å². The van der Waals surface area contributed by atoms with Crippen molar-refractivity contribution in [3.8, 4) is 22.6 Å². The van der Waals surface area contributed by atoms with Gasteiger partial charge in [0.2, 0.25) is 0 Å². The lowest BCUT2D eigenvalue weighted by Gasteiger charge is -2.20. The number of Topliss-reactive ketones (excluding diaryl/α,β-unsaturated/α-hetero) is 1. The van der Waals surface area contributed by atoms with Gasteiger partial charge in [-0.05, 0) is 60.9 Å². The number of rotatable bonds is 12. The molecule has 0 aliphatic carbocycles. The van der Waals surface area contributed by atoms with Crippen molar-refractivity contribution in [1.29, 1.82) is 0 Å². The van der Waals surface area contributed by atoms with Crippen molar-refractivity contribution in [2.45, 2.75) is 32.9 Å². The third-order valence-corrected chi connectivity index (χ3v) is 6.82. The number of hydrogen-bond acceptors (Lipinski definition) is 7. The van der Waals surface area contributed by atoms with Crippen molar-refractivity contribution in [2.75, 3.05) is 27.9 Å². The number of ether oxygens (including phenoxy) is 4. The number of nitrogens with one attached hydrogen (secondary N) is 1. The van der Waals surface area contributed by atoms with Gasteiger partial charge in [0.1, 0.15) is 17.5 Å². The highest BCUT2D eigenvalue weighted by Crippen LogP contribution is 2.42. The summed E-state index contributed by atoms with van der Waals surface area (Å²) in [5.74, 6) is -0.476. The maximum atomic E-state index is 13.0. The van der Waals surface area contributed by atoms with Crippen LogP contribution in [-0.2, 0) is 27.3 Å². The number of hydrogen-bond donors (Lipinski definition) is 1. The highest BCUT2D eigenvalue weighted by Gasteiger charge is 2.26. The van der Waals surface area contributed by atoms with Crippen LogP contribution in [0.2, 0.25) is 10.0 Å². The fourth-order valence-corrected chi connectivity index (χ4v) is 4.85. The highest BCUT2D eigenvalue weighted by atomic mass is 35.5. The third kappa shape index (κ3) is 7.13. The second-order valence-corrected chi connectivity index (χ2v) is 9.61. The average molecular weight is 588 g/mol. The van der Waals surface area contributed by atoms with E-state index in [1.54, 1.807) is 38.5 Å². The zero-order valence-electron chi connectivity index (χ0n) is 22.9. The Kier molecular flexibility index (Phi) is 11.0. The van der Waals surface area contributed by atoms with E-state index < -0.39 is 17.9 Å². The van der Waals surface area contributed by atoms with Crippen LogP contribution in [0.1, 0.15) is 45.7 Å². The predicted octanol–water partition coefficient (Wildman–Crippen LogP) is 5.93. The van der Waals surface area contributed by atoms with Gasteiger partial charge in [-0.2, -0.15) is 0 Å². The minimum Gasteiger partial charge on any atom is -0.496 e. The number of halogens is 2. The van der Waals surface area contributed by atoms with E-state index in [0.29, 0.717) is 47.0 Å². The zero-order chi connectivity index (χ0) is 29.4. The fourth-order valence-electron chi connectivity index (χ4n) is 4.28. The molecule has 0 bridgehead atoms. The smallest absolute Gasteiger partial charge is 0.328 e. The monoisotopic (exact) mass is 587 g/mol. The van der Waals surface area contributed by atoms with Gasteiger partial charge in [0, 0.05) is 18.6 Å². The SMILES string of the molecule is CCOCc1cc(OC)c(-c2ccc(C[C@H](NC(=O)c3c(Cl)cccc3Cl)C(=O)OC)cc2C(C)=O)c(OC)c1. The van der Waals surface area contributed by atoms with E-state index in [-0.39, 0.29) is 27.8 Å². The Labute approximate surface area is 243 Å². The van der Waals surface area contributed by atoms with Crippen LogP contribution < -0.4 is 14.8 Å². The molecule has 0 unspecified atom stereocenters. The topological polar surface area (TPSA) is 100 Å². The molecule has 0 spiro atoms. The molecule has 1 amide bonds. The highest BCUT2D eigenvalue weighted by molar-refractivity contribution is 6.39. The molecule has 212 valence electrons. The molecule has 0 heterocycles. The largest absolute Gasteiger partial charge is 0.496 e. The quantitative estimate of drug-likeness (QED) is 0.207. The Morgan fingerprint density at radius 1 is 0.900 bits per heavy atom. The fraction of sp³-hybridized carbons (Fsp3) is 0.300. The van der Waals surface area contributed by atoms with Gasteiger partial charge in [0.25, 0.3) is 5.91 Å². The standard InChI is InChI=1S/C30H31Cl2NO7/c1-6-40-16-19-14-25(37-3)27(26(15-19)38-4)20-11-10-18(12-21(20)17(2)34)13-24(30(36)39-5)33-29(35)28-22(31)8-7-9-23(28)32/h7-12,14-15,24H,6,13,16H2,1-5H3,(H,33,35)/t24-/m0/s1. The molecule has 1 N–H and O–H groups in total. The van der Waals surface area contributed by atoms with Gasteiger partial charge in [0.15, 0.2) is 5.78 Å². The van der Waals surface area contributed by atoms with Crippen molar-refractivity contribution in [1.82, 2.24) is 5.32 Å². The molecule has 8 nitrogen and oxygen atoms in total. The van der Waals surface area contributed by atoms with Gasteiger partial charge in [-0.3, -0.25) is 9.59 Å². The minimum atomic E-state index is -1.07. The van der Waals surface area contributed by atoms with Crippen molar-refractivity contribution in [2.24, 2.45) is 0 Å². The van der Waals surface area contributed by atoms with E-state index in [0.717, 1.165) is 5.56 Å². The van der Waals surface area contributed by atoms with Crippen molar-refractivity contribution >= 4 is 40.9 Å². The Balaban J connectivity index is 2.01. The van der Waals surface area contributed by atoms with Crippen LogP contribution in [0.5, 0.6) is 11.5 Å². The lowest BCUT2D eigenvalue weighted by Crippen LogP contribution is -2.43. The Hall–Kier alpha value is -3.59. The summed E-state index contributed by atoms with van der Waals surface area (Å²) in [6.07, 6.45) is 0.0443. The van der Waals surface area contributed by atoms with Crippen LogP contribution in [0.3, 0.4) is 0 Å². The second kappa shape index (κ2) is 14.2. The van der Waals surface area contributed by atoms with Gasteiger partial charge < -0.3 is 24.3 Å². The summed E-state index contributed by atoms with van der Waals surface area (Å²) < 4.78 is 21.8. The second-order valence-electron chi connectivity index (χ2n) is 8.80. The maximum Gasteiger partial charge on any atom is 0.328 e. The first kappa shape index (κ1) is 30.9. The molecule has 3 aromatic carbocycles. The number of methoxy groups -OCH3 is 3. The molecule has 0 radical (unpaired) electrons. The molecule has 0 aromatic heterocycles. The summed E-state index contributed by atoms with van der Waals surface area (Å²) in [6.45, 7) is 4.29. The van der Waals surface area contributed by atoms with E-state index in [9.17, 15) is 14.4 Å². The first-order valence-electron chi connectivity index (χ1n) is 12.4. The molecule has 1 atom stereocenters. The van der Waals surface area contributed by atoms with Crippen molar-refractivity contribution in [3.63, 3.8) is 0 Å². The Morgan fingerprint density at radius 2 is 1.52 bits per heavy atom. The van der Waals surface area contributed by atoms with E-state index >= 15 is 0 Å². The lowest BCUT2D eigenvalue weighted by atomic mass is 9.91. The lowest BCUT2D eigenvalue weighted by molar-refractivity contribution is -0.142. The first-order valence-corrected chi connectivity index (χ1v) is 13.2. The molecule has 0 saturated heterocycles. The summed E-state index contributed by atoms with van der Waals surface area (Å²) >= 11 is 12.3. The molecule has 40 heavy (non-hydrogen) atoms. The third-order valence-electron chi connectivity index (χ3n) is 6.19. The summed E-state index contributed by atoms with van der Waals surface area (Å²) in [5.41, 5.74) is 3.10. The Morgan fingerprint density at radius 3 is 2.05 bits per heavy atom.